The van der Waals surface area contributed by atoms with E-state index in [4.69, 9.17) is 0 Å². The fourth-order valence-electron chi connectivity index (χ4n) is 3.83. The van der Waals surface area contributed by atoms with Crippen LogP contribution in [-0.2, 0) is 9.84 Å². The molecule has 0 spiro atoms. The maximum absolute atomic E-state index is 13.5. The van der Waals surface area contributed by atoms with E-state index in [-0.39, 0.29) is 12.1 Å². The molecule has 25 heavy (non-hydrogen) atoms. The van der Waals surface area contributed by atoms with Crippen LogP contribution in [0, 0.1) is 5.92 Å². The van der Waals surface area contributed by atoms with Crippen LogP contribution in [-0.4, -0.2) is 19.7 Å². The van der Waals surface area contributed by atoms with Gasteiger partial charge in [-0.1, -0.05) is 69.3 Å². The van der Waals surface area contributed by atoms with E-state index in [1.165, 1.54) is 0 Å². The highest BCUT2D eigenvalue weighted by Crippen LogP contribution is 2.37. The monoisotopic (exact) mass is 357 g/mol. The second-order valence-corrected chi connectivity index (χ2v) is 9.41. The van der Waals surface area contributed by atoms with Crippen molar-refractivity contribution in [1.82, 2.24) is 5.32 Å². The van der Waals surface area contributed by atoms with Gasteiger partial charge in [-0.3, -0.25) is 0 Å². The normalized spacial score (nSPS) is 25.4. The van der Waals surface area contributed by atoms with Crippen molar-refractivity contribution in [1.29, 1.82) is 0 Å². The van der Waals surface area contributed by atoms with Gasteiger partial charge in [-0.05, 0) is 36.0 Å². The van der Waals surface area contributed by atoms with Gasteiger partial charge in [0.15, 0.2) is 9.84 Å². The number of hydrogen-bond acceptors (Lipinski definition) is 3. The molecule has 0 aromatic heterocycles. The molecule has 0 aliphatic carbocycles. The lowest BCUT2D eigenvalue weighted by Crippen LogP contribution is -2.43. The summed E-state index contributed by atoms with van der Waals surface area (Å²) < 4.78 is 26.9. The summed E-state index contributed by atoms with van der Waals surface area (Å²) in [7, 11) is -3.38. The SMILES string of the molecule is CCC1NC(c2ccccc2)c2ccccc2S(=O)(=O)C1CC(C)C. The third kappa shape index (κ3) is 3.51. The average molecular weight is 358 g/mol. The van der Waals surface area contributed by atoms with Gasteiger partial charge in [-0.25, -0.2) is 8.42 Å². The molecule has 1 aliphatic heterocycles. The molecule has 0 fully saturated rings. The van der Waals surface area contributed by atoms with Gasteiger partial charge < -0.3 is 5.32 Å². The van der Waals surface area contributed by atoms with Crippen LogP contribution in [0.25, 0.3) is 0 Å². The van der Waals surface area contributed by atoms with E-state index in [1.54, 1.807) is 6.07 Å². The van der Waals surface area contributed by atoms with E-state index in [9.17, 15) is 8.42 Å². The molecule has 0 saturated carbocycles. The van der Waals surface area contributed by atoms with Gasteiger partial charge in [-0.15, -0.1) is 0 Å². The molecule has 134 valence electrons. The summed E-state index contributed by atoms with van der Waals surface area (Å²) in [6, 6.07) is 17.4. The Morgan fingerprint density at radius 1 is 1.00 bits per heavy atom. The topological polar surface area (TPSA) is 46.2 Å². The summed E-state index contributed by atoms with van der Waals surface area (Å²) in [4.78, 5) is 0.484. The molecule has 1 heterocycles. The molecule has 0 amide bonds. The summed E-state index contributed by atoms with van der Waals surface area (Å²) in [5, 5.41) is 3.27. The minimum Gasteiger partial charge on any atom is -0.302 e. The van der Waals surface area contributed by atoms with E-state index in [1.807, 2.05) is 36.4 Å². The summed E-state index contributed by atoms with van der Waals surface area (Å²) >= 11 is 0. The van der Waals surface area contributed by atoms with Crippen LogP contribution < -0.4 is 5.32 Å². The number of hydrogen-bond donors (Lipinski definition) is 1. The van der Waals surface area contributed by atoms with Crippen LogP contribution in [0.2, 0.25) is 0 Å². The first-order chi connectivity index (χ1) is 11.9. The molecule has 4 heteroatoms. The Morgan fingerprint density at radius 2 is 1.64 bits per heavy atom. The Hall–Kier alpha value is -1.65. The lowest BCUT2D eigenvalue weighted by molar-refractivity contribution is 0.400. The van der Waals surface area contributed by atoms with Crippen LogP contribution in [0.4, 0.5) is 0 Å². The first-order valence-corrected chi connectivity index (χ1v) is 10.6. The molecule has 0 saturated heterocycles. The summed E-state index contributed by atoms with van der Waals surface area (Å²) in [6.07, 6.45) is 1.46. The first kappa shape index (κ1) is 18.2. The van der Waals surface area contributed by atoms with Crippen molar-refractivity contribution in [3.05, 3.63) is 65.7 Å². The zero-order valence-electron chi connectivity index (χ0n) is 15.1. The van der Waals surface area contributed by atoms with Gasteiger partial charge in [0.2, 0.25) is 0 Å². The fraction of sp³-hybridized carbons (Fsp3) is 0.429. The van der Waals surface area contributed by atoms with Crippen molar-refractivity contribution < 1.29 is 8.42 Å². The average Bonchev–Trinajstić information content (AvgIpc) is 2.70. The van der Waals surface area contributed by atoms with Gasteiger partial charge in [-0.2, -0.15) is 0 Å². The minimum atomic E-state index is -3.38. The fourth-order valence-corrected chi connectivity index (χ4v) is 6.28. The molecule has 1 N–H and O–H groups in total. The third-order valence-electron chi connectivity index (χ3n) is 5.04. The van der Waals surface area contributed by atoms with E-state index in [0.29, 0.717) is 17.2 Å². The van der Waals surface area contributed by atoms with Gasteiger partial charge >= 0.3 is 0 Å². The summed E-state index contributed by atoms with van der Waals surface area (Å²) in [5.41, 5.74) is 1.97. The summed E-state index contributed by atoms with van der Waals surface area (Å²) in [5.74, 6) is 0.330. The number of nitrogens with one attached hydrogen (secondary N) is 1. The number of sulfone groups is 1. The van der Waals surface area contributed by atoms with E-state index in [2.05, 4.69) is 38.2 Å². The van der Waals surface area contributed by atoms with Crippen LogP contribution >= 0.6 is 0 Å². The van der Waals surface area contributed by atoms with Crippen molar-refractivity contribution in [2.45, 2.75) is 55.8 Å². The molecular weight excluding hydrogens is 330 g/mol. The molecule has 2 aromatic rings. The predicted octanol–water partition coefficient (Wildman–Crippen LogP) is 4.35. The standard InChI is InChI=1S/C21H27NO2S/c1-4-18-20(14-15(2)3)25(23,24)19-13-9-8-12-17(19)21(22-18)16-10-6-5-7-11-16/h5-13,15,18,20-22H,4,14H2,1-3H3. The quantitative estimate of drug-likeness (QED) is 0.885. The van der Waals surface area contributed by atoms with Crippen LogP contribution in [0.3, 0.4) is 0 Å². The van der Waals surface area contributed by atoms with Crippen LogP contribution in [0.1, 0.15) is 50.8 Å². The maximum atomic E-state index is 13.5. The van der Waals surface area contributed by atoms with Gasteiger partial charge in [0.1, 0.15) is 0 Å². The second-order valence-electron chi connectivity index (χ2n) is 7.28. The Morgan fingerprint density at radius 3 is 2.28 bits per heavy atom. The molecule has 3 rings (SSSR count). The highest BCUT2D eigenvalue weighted by Gasteiger charge is 2.40. The Balaban J connectivity index is 2.19. The van der Waals surface area contributed by atoms with Crippen molar-refractivity contribution in [3.8, 4) is 0 Å². The smallest absolute Gasteiger partial charge is 0.183 e. The van der Waals surface area contributed by atoms with Crippen molar-refractivity contribution in [3.63, 3.8) is 0 Å². The van der Waals surface area contributed by atoms with Gasteiger partial charge in [0.25, 0.3) is 0 Å². The summed E-state index contributed by atoms with van der Waals surface area (Å²) in [6.45, 7) is 6.25. The molecule has 2 aromatic carbocycles. The predicted molar refractivity (Wildman–Crippen MR) is 102 cm³/mol. The zero-order valence-corrected chi connectivity index (χ0v) is 16.0. The van der Waals surface area contributed by atoms with Gasteiger partial charge in [0, 0.05) is 6.04 Å². The molecule has 3 nitrogen and oxygen atoms in total. The highest BCUT2D eigenvalue weighted by molar-refractivity contribution is 7.92. The lowest BCUT2D eigenvalue weighted by atomic mass is 9.95. The molecule has 0 bridgehead atoms. The van der Waals surface area contributed by atoms with Crippen molar-refractivity contribution in [2.75, 3.05) is 0 Å². The van der Waals surface area contributed by atoms with Crippen LogP contribution in [0.15, 0.2) is 59.5 Å². The molecular formula is C21H27NO2S. The maximum Gasteiger partial charge on any atom is 0.183 e. The number of rotatable bonds is 4. The third-order valence-corrected chi connectivity index (χ3v) is 7.34. The Kier molecular flexibility index (Phi) is 5.30. The van der Waals surface area contributed by atoms with Gasteiger partial charge in [0.05, 0.1) is 16.2 Å². The van der Waals surface area contributed by atoms with E-state index < -0.39 is 15.1 Å². The van der Waals surface area contributed by atoms with E-state index in [0.717, 1.165) is 17.5 Å². The van der Waals surface area contributed by atoms with Crippen molar-refractivity contribution >= 4 is 9.84 Å². The molecule has 1 aliphatic rings. The molecule has 0 radical (unpaired) electrons. The lowest BCUT2D eigenvalue weighted by Gasteiger charge is -2.28. The highest BCUT2D eigenvalue weighted by atomic mass is 32.2. The van der Waals surface area contributed by atoms with E-state index >= 15 is 0 Å². The van der Waals surface area contributed by atoms with Crippen molar-refractivity contribution in [2.24, 2.45) is 5.92 Å². The molecule has 3 unspecified atom stereocenters. The zero-order chi connectivity index (χ0) is 18.0. The number of benzene rings is 2. The Labute approximate surface area is 151 Å². The first-order valence-electron chi connectivity index (χ1n) is 9.09. The minimum absolute atomic E-state index is 0.0648. The number of fused-ring (bicyclic) bond motifs is 1. The van der Waals surface area contributed by atoms with Crippen LogP contribution in [0.5, 0.6) is 0 Å². The Bertz CT molecular complexity index is 815. The molecule has 3 atom stereocenters. The second kappa shape index (κ2) is 7.30. The largest absolute Gasteiger partial charge is 0.302 e.